The van der Waals surface area contributed by atoms with Crippen molar-refractivity contribution in [3.8, 4) is 0 Å². The minimum atomic E-state index is -4.50. The van der Waals surface area contributed by atoms with E-state index in [4.69, 9.17) is 11.6 Å². The Balaban J connectivity index is 2.50. The summed E-state index contributed by atoms with van der Waals surface area (Å²) in [6.07, 6.45) is 0. The summed E-state index contributed by atoms with van der Waals surface area (Å²) < 4.78 is 66.0. The zero-order valence-electron chi connectivity index (χ0n) is 9.70. The summed E-state index contributed by atoms with van der Waals surface area (Å²) in [6.45, 7) is 0. The van der Waals surface area contributed by atoms with Gasteiger partial charge in [-0.05, 0) is 24.3 Å². The molecule has 2 aromatic rings. The van der Waals surface area contributed by atoms with Crippen LogP contribution in [0.2, 0.25) is 5.02 Å². The molecule has 0 aliphatic carbocycles. The Morgan fingerprint density at radius 1 is 0.950 bits per heavy atom. The minimum Gasteiger partial charge on any atom is -0.274 e. The lowest BCUT2D eigenvalue weighted by molar-refractivity contribution is 0.566. The van der Waals surface area contributed by atoms with Gasteiger partial charge >= 0.3 is 0 Å². The topological polar surface area (TPSA) is 46.2 Å². The van der Waals surface area contributed by atoms with Crippen molar-refractivity contribution < 1.29 is 21.6 Å². The van der Waals surface area contributed by atoms with Crippen LogP contribution in [0, 0.1) is 17.5 Å². The molecular weight excluding hydrogens is 315 g/mol. The molecule has 1 N–H and O–H groups in total. The Hall–Kier alpha value is -1.73. The summed E-state index contributed by atoms with van der Waals surface area (Å²) in [5.41, 5.74) is -0.883. The quantitative estimate of drug-likeness (QED) is 0.939. The number of sulfonamides is 1. The second kappa shape index (κ2) is 5.34. The summed E-state index contributed by atoms with van der Waals surface area (Å²) in [5.74, 6) is -3.43. The van der Waals surface area contributed by atoms with Gasteiger partial charge in [0.05, 0.1) is 5.02 Å². The number of anilines is 1. The first-order valence-electron chi connectivity index (χ1n) is 5.24. The number of para-hydroxylation sites is 1. The molecule has 0 saturated carbocycles. The van der Waals surface area contributed by atoms with Crippen LogP contribution >= 0.6 is 11.6 Å². The maximum Gasteiger partial charge on any atom is 0.265 e. The Bertz CT molecular complexity index is 745. The van der Waals surface area contributed by atoms with E-state index < -0.39 is 43.1 Å². The van der Waals surface area contributed by atoms with E-state index >= 15 is 0 Å². The van der Waals surface area contributed by atoms with Crippen molar-refractivity contribution in [3.05, 3.63) is 58.9 Å². The molecule has 0 aliphatic heterocycles. The maximum atomic E-state index is 13.7. The average Bonchev–Trinajstić information content (AvgIpc) is 2.37. The van der Waals surface area contributed by atoms with Gasteiger partial charge in [0.1, 0.15) is 22.2 Å². The molecule has 0 aromatic heterocycles. The predicted octanol–water partition coefficient (Wildman–Crippen LogP) is 3.56. The zero-order valence-corrected chi connectivity index (χ0v) is 11.3. The summed E-state index contributed by atoms with van der Waals surface area (Å²) in [6, 6.07) is 6.10. The highest BCUT2D eigenvalue weighted by Crippen LogP contribution is 2.26. The third kappa shape index (κ3) is 2.73. The Morgan fingerprint density at radius 3 is 2.10 bits per heavy atom. The number of hydrogen-bond donors (Lipinski definition) is 1. The molecule has 0 amide bonds. The third-order valence-corrected chi connectivity index (χ3v) is 4.06. The van der Waals surface area contributed by atoms with Crippen molar-refractivity contribution in [2.75, 3.05) is 4.72 Å². The van der Waals surface area contributed by atoms with E-state index in [2.05, 4.69) is 0 Å². The van der Waals surface area contributed by atoms with Gasteiger partial charge < -0.3 is 0 Å². The zero-order chi connectivity index (χ0) is 14.9. The van der Waals surface area contributed by atoms with Crippen LogP contribution < -0.4 is 4.72 Å². The molecule has 0 atom stereocenters. The highest BCUT2D eigenvalue weighted by molar-refractivity contribution is 7.92. The molecule has 106 valence electrons. The minimum absolute atomic E-state index is 0.415. The van der Waals surface area contributed by atoms with Crippen molar-refractivity contribution in [2.45, 2.75) is 4.90 Å². The van der Waals surface area contributed by atoms with Crippen LogP contribution in [0.1, 0.15) is 0 Å². The molecule has 20 heavy (non-hydrogen) atoms. The molecule has 0 saturated heterocycles. The largest absolute Gasteiger partial charge is 0.274 e. The molecule has 0 heterocycles. The van der Waals surface area contributed by atoms with Gasteiger partial charge in [0, 0.05) is 0 Å². The average molecular weight is 322 g/mol. The highest BCUT2D eigenvalue weighted by Gasteiger charge is 2.23. The highest BCUT2D eigenvalue weighted by atomic mass is 35.5. The van der Waals surface area contributed by atoms with Gasteiger partial charge in [-0.15, -0.1) is 0 Å². The molecule has 0 aliphatic rings. The number of hydrogen-bond acceptors (Lipinski definition) is 2. The van der Waals surface area contributed by atoms with Gasteiger partial charge in [0.25, 0.3) is 10.0 Å². The SMILES string of the molecule is O=S(=O)(Nc1c(F)cccc1F)c1cccc(Cl)c1F. The summed E-state index contributed by atoms with van der Waals surface area (Å²) in [5, 5.41) is -0.415. The molecule has 8 heteroatoms. The lowest BCUT2D eigenvalue weighted by atomic mass is 10.3. The van der Waals surface area contributed by atoms with E-state index in [1.165, 1.54) is 6.07 Å². The van der Waals surface area contributed by atoms with Gasteiger partial charge in [0.15, 0.2) is 5.82 Å². The molecule has 3 nitrogen and oxygen atoms in total. The van der Waals surface area contributed by atoms with E-state index in [-0.39, 0.29) is 0 Å². The first-order valence-corrected chi connectivity index (χ1v) is 7.10. The van der Waals surface area contributed by atoms with Crippen molar-refractivity contribution in [1.29, 1.82) is 0 Å². The molecule has 2 rings (SSSR count). The van der Waals surface area contributed by atoms with Crippen LogP contribution in [0.3, 0.4) is 0 Å². The molecule has 2 aromatic carbocycles. The van der Waals surface area contributed by atoms with E-state index in [0.29, 0.717) is 0 Å². The lowest BCUT2D eigenvalue weighted by Gasteiger charge is -2.10. The Labute approximate surface area is 118 Å². The number of halogens is 4. The Morgan fingerprint density at radius 2 is 1.50 bits per heavy atom. The van der Waals surface area contributed by atoms with Gasteiger partial charge in [-0.25, -0.2) is 21.6 Å². The van der Waals surface area contributed by atoms with Crippen LogP contribution in [0.25, 0.3) is 0 Å². The summed E-state index contributed by atoms with van der Waals surface area (Å²) in [7, 11) is -4.50. The molecule has 0 radical (unpaired) electrons. The fourth-order valence-electron chi connectivity index (χ4n) is 1.48. The van der Waals surface area contributed by atoms with Gasteiger partial charge in [-0.3, -0.25) is 4.72 Å². The van der Waals surface area contributed by atoms with Crippen LogP contribution in [0.5, 0.6) is 0 Å². The summed E-state index contributed by atoms with van der Waals surface area (Å²) in [4.78, 5) is -0.798. The maximum absolute atomic E-state index is 13.7. The molecule has 0 fully saturated rings. The van der Waals surface area contributed by atoms with Crippen molar-refractivity contribution in [2.24, 2.45) is 0 Å². The van der Waals surface area contributed by atoms with Crippen molar-refractivity contribution in [1.82, 2.24) is 0 Å². The smallest absolute Gasteiger partial charge is 0.265 e. The van der Waals surface area contributed by atoms with Crippen molar-refractivity contribution >= 4 is 27.3 Å². The monoisotopic (exact) mass is 321 g/mol. The number of nitrogens with one attached hydrogen (secondary N) is 1. The predicted molar refractivity (Wildman–Crippen MR) is 68.6 cm³/mol. The van der Waals surface area contributed by atoms with Crippen LogP contribution in [0.15, 0.2) is 41.3 Å². The third-order valence-electron chi connectivity index (χ3n) is 2.40. The number of benzene rings is 2. The molecule has 0 spiro atoms. The molecule has 0 bridgehead atoms. The normalized spacial score (nSPS) is 11.4. The first-order chi connectivity index (χ1) is 9.33. The van der Waals surface area contributed by atoms with Crippen molar-refractivity contribution in [3.63, 3.8) is 0 Å². The van der Waals surface area contributed by atoms with Crippen LogP contribution in [0.4, 0.5) is 18.9 Å². The standard InChI is InChI=1S/C12H7ClF3NO2S/c13-7-3-1-6-10(11(7)16)20(18,19)17-12-8(14)4-2-5-9(12)15/h1-6,17H. The fraction of sp³-hybridized carbons (Fsp3) is 0. The molecule has 0 unspecified atom stereocenters. The first kappa shape index (κ1) is 14.7. The van der Waals surface area contributed by atoms with Gasteiger partial charge in [-0.2, -0.15) is 0 Å². The number of rotatable bonds is 3. The lowest BCUT2D eigenvalue weighted by Crippen LogP contribution is -2.16. The van der Waals surface area contributed by atoms with E-state index in [1.54, 1.807) is 4.72 Å². The molecular formula is C12H7ClF3NO2S. The van der Waals surface area contributed by atoms with Crippen LogP contribution in [-0.4, -0.2) is 8.42 Å². The van der Waals surface area contributed by atoms with E-state index in [0.717, 1.165) is 30.3 Å². The Kier molecular flexibility index (Phi) is 3.92. The van der Waals surface area contributed by atoms with Gasteiger partial charge in [0.2, 0.25) is 0 Å². The summed E-state index contributed by atoms with van der Waals surface area (Å²) >= 11 is 5.47. The fourth-order valence-corrected chi connectivity index (χ4v) is 2.88. The van der Waals surface area contributed by atoms with Crippen LogP contribution in [-0.2, 0) is 10.0 Å². The van der Waals surface area contributed by atoms with Gasteiger partial charge in [-0.1, -0.05) is 23.7 Å². The van der Waals surface area contributed by atoms with E-state index in [1.807, 2.05) is 0 Å². The second-order valence-corrected chi connectivity index (χ2v) is 5.81. The van der Waals surface area contributed by atoms with E-state index in [9.17, 15) is 21.6 Å². The second-order valence-electron chi connectivity index (χ2n) is 3.75.